The Kier molecular flexibility index (Phi) is 3.45. The van der Waals surface area contributed by atoms with Gasteiger partial charge in [-0.2, -0.15) is 9.47 Å². The Morgan fingerprint density at radius 1 is 1.56 bits per heavy atom. The fourth-order valence-electron chi connectivity index (χ4n) is 1.41. The van der Waals surface area contributed by atoms with Crippen LogP contribution in [0.2, 0.25) is 0 Å². The Balaban J connectivity index is 2.26. The lowest BCUT2D eigenvalue weighted by Gasteiger charge is -1.98. The van der Waals surface area contributed by atoms with Crippen molar-refractivity contribution in [3.8, 4) is 0 Å². The van der Waals surface area contributed by atoms with Gasteiger partial charge in [-0.1, -0.05) is 13.3 Å². The average Bonchev–Trinajstić information content (AvgIpc) is 2.84. The highest BCUT2D eigenvalue weighted by Crippen LogP contribution is 2.34. The summed E-state index contributed by atoms with van der Waals surface area (Å²) in [7, 11) is 1.90. The monoisotopic (exact) mass is 255 g/mol. The molecule has 2 aromatic rings. The average molecular weight is 255 g/mol. The lowest BCUT2D eigenvalue weighted by molar-refractivity contribution is 0.681. The van der Waals surface area contributed by atoms with Crippen LogP contribution in [0.5, 0.6) is 0 Å². The Morgan fingerprint density at radius 3 is 3.00 bits per heavy atom. The van der Waals surface area contributed by atoms with Gasteiger partial charge in [0.1, 0.15) is 11.4 Å². The maximum Gasteiger partial charge on any atom is 0.176 e. The maximum atomic E-state index is 6.06. The van der Waals surface area contributed by atoms with E-state index in [4.69, 9.17) is 5.73 Å². The molecule has 0 spiro atoms. The molecule has 2 aromatic heterocycles. The summed E-state index contributed by atoms with van der Waals surface area (Å²) in [6, 6.07) is 0. The van der Waals surface area contributed by atoms with E-state index in [0.717, 1.165) is 33.6 Å². The first-order chi connectivity index (χ1) is 7.72. The SMILES string of the molecule is CCCc1nn(C)c(Sc2ncns2)c1N. The normalized spacial score (nSPS) is 10.9. The number of aryl methyl sites for hydroxylation is 2. The zero-order chi connectivity index (χ0) is 11.5. The van der Waals surface area contributed by atoms with Crippen LogP contribution in [0.1, 0.15) is 19.0 Å². The van der Waals surface area contributed by atoms with Gasteiger partial charge in [0.05, 0.1) is 11.4 Å². The van der Waals surface area contributed by atoms with E-state index in [0.29, 0.717) is 0 Å². The number of anilines is 1. The third-order valence-electron chi connectivity index (χ3n) is 2.12. The third-order valence-corrected chi connectivity index (χ3v) is 4.01. The van der Waals surface area contributed by atoms with Gasteiger partial charge in [-0.3, -0.25) is 4.68 Å². The first-order valence-electron chi connectivity index (χ1n) is 4.98. The number of nitrogens with zero attached hydrogens (tertiary/aromatic N) is 4. The van der Waals surface area contributed by atoms with E-state index in [1.54, 1.807) is 6.33 Å². The van der Waals surface area contributed by atoms with Crippen LogP contribution in [0.15, 0.2) is 15.7 Å². The molecule has 0 unspecified atom stereocenters. The molecule has 0 saturated heterocycles. The minimum Gasteiger partial charge on any atom is -0.395 e. The van der Waals surface area contributed by atoms with Crippen molar-refractivity contribution in [1.82, 2.24) is 19.1 Å². The highest BCUT2D eigenvalue weighted by molar-refractivity contribution is 8.01. The smallest absolute Gasteiger partial charge is 0.176 e. The number of nitrogen functional groups attached to an aromatic ring is 1. The van der Waals surface area contributed by atoms with E-state index >= 15 is 0 Å². The van der Waals surface area contributed by atoms with Crippen LogP contribution < -0.4 is 5.73 Å². The zero-order valence-corrected chi connectivity index (χ0v) is 10.8. The fourth-order valence-corrected chi connectivity index (χ4v) is 2.87. The molecule has 0 atom stereocenters. The largest absolute Gasteiger partial charge is 0.395 e. The standard InChI is InChI=1S/C9H13N5S2/c1-3-4-6-7(10)8(14(2)13-6)15-9-11-5-12-16-9/h5H,3-4,10H2,1-2H3. The van der Waals surface area contributed by atoms with E-state index in [2.05, 4.69) is 21.4 Å². The van der Waals surface area contributed by atoms with Crippen LogP contribution in [0.4, 0.5) is 5.69 Å². The van der Waals surface area contributed by atoms with Crippen LogP contribution in [0.25, 0.3) is 0 Å². The number of rotatable bonds is 4. The van der Waals surface area contributed by atoms with Gasteiger partial charge in [-0.25, -0.2) is 4.98 Å². The van der Waals surface area contributed by atoms with Crippen LogP contribution in [-0.4, -0.2) is 19.1 Å². The molecule has 16 heavy (non-hydrogen) atoms. The summed E-state index contributed by atoms with van der Waals surface area (Å²) in [5, 5.41) is 5.35. The molecule has 0 aromatic carbocycles. The predicted octanol–water partition coefficient (Wildman–Crippen LogP) is 1.96. The van der Waals surface area contributed by atoms with Gasteiger partial charge in [-0.15, -0.1) is 0 Å². The minimum absolute atomic E-state index is 0.768. The molecule has 0 aliphatic carbocycles. The zero-order valence-electron chi connectivity index (χ0n) is 9.17. The Labute approximate surface area is 102 Å². The highest BCUT2D eigenvalue weighted by atomic mass is 32.2. The molecule has 2 N–H and O–H groups in total. The van der Waals surface area contributed by atoms with Gasteiger partial charge in [0.25, 0.3) is 0 Å². The summed E-state index contributed by atoms with van der Waals surface area (Å²) in [6.45, 7) is 2.12. The summed E-state index contributed by atoms with van der Waals surface area (Å²) >= 11 is 2.88. The topological polar surface area (TPSA) is 69.6 Å². The van der Waals surface area contributed by atoms with Crippen molar-refractivity contribution in [3.05, 3.63) is 12.0 Å². The van der Waals surface area contributed by atoms with Gasteiger partial charge in [-0.05, 0) is 29.7 Å². The Bertz CT molecular complexity index is 462. The fraction of sp³-hybridized carbons (Fsp3) is 0.444. The summed E-state index contributed by atoms with van der Waals surface area (Å²) in [5.41, 5.74) is 7.80. The molecule has 5 nitrogen and oxygen atoms in total. The third kappa shape index (κ3) is 2.19. The second-order valence-electron chi connectivity index (χ2n) is 3.35. The van der Waals surface area contributed by atoms with Gasteiger partial charge < -0.3 is 5.73 Å². The molecular weight excluding hydrogens is 242 g/mol. The number of aromatic nitrogens is 4. The van der Waals surface area contributed by atoms with Crippen molar-refractivity contribution in [2.24, 2.45) is 7.05 Å². The van der Waals surface area contributed by atoms with Crippen molar-refractivity contribution >= 4 is 29.0 Å². The molecule has 0 bridgehead atoms. The van der Waals surface area contributed by atoms with Crippen molar-refractivity contribution in [3.63, 3.8) is 0 Å². The first-order valence-corrected chi connectivity index (χ1v) is 6.57. The summed E-state index contributed by atoms with van der Waals surface area (Å²) in [5.74, 6) is 0. The molecular formula is C9H13N5S2. The van der Waals surface area contributed by atoms with Crippen LogP contribution >= 0.6 is 23.3 Å². The Hall–Kier alpha value is -1.08. The predicted molar refractivity (Wildman–Crippen MR) is 65.6 cm³/mol. The van der Waals surface area contributed by atoms with Gasteiger partial charge in [0, 0.05) is 7.05 Å². The van der Waals surface area contributed by atoms with Crippen LogP contribution in [0.3, 0.4) is 0 Å². The number of nitrogens with two attached hydrogens (primary N) is 1. The maximum absolute atomic E-state index is 6.06. The molecule has 0 radical (unpaired) electrons. The molecule has 2 heterocycles. The first kappa shape index (κ1) is 11.4. The van der Waals surface area contributed by atoms with Gasteiger partial charge in [0.15, 0.2) is 4.34 Å². The van der Waals surface area contributed by atoms with E-state index < -0.39 is 0 Å². The minimum atomic E-state index is 0.768. The van der Waals surface area contributed by atoms with Crippen molar-refractivity contribution < 1.29 is 0 Å². The molecule has 0 fully saturated rings. The summed E-state index contributed by atoms with van der Waals surface area (Å²) < 4.78 is 6.66. The van der Waals surface area contributed by atoms with E-state index in [-0.39, 0.29) is 0 Å². The number of hydrogen-bond acceptors (Lipinski definition) is 6. The van der Waals surface area contributed by atoms with E-state index in [1.165, 1.54) is 23.3 Å². The van der Waals surface area contributed by atoms with Crippen molar-refractivity contribution in [1.29, 1.82) is 0 Å². The second kappa shape index (κ2) is 4.84. The lowest BCUT2D eigenvalue weighted by atomic mass is 10.2. The van der Waals surface area contributed by atoms with Crippen LogP contribution in [0, 0.1) is 0 Å². The summed E-state index contributed by atoms with van der Waals surface area (Å²) in [4.78, 5) is 4.12. The van der Waals surface area contributed by atoms with E-state index in [9.17, 15) is 0 Å². The van der Waals surface area contributed by atoms with Crippen LogP contribution in [-0.2, 0) is 13.5 Å². The van der Waals surface area contributed by atoms with Crippen molar-refractivity contribution in [2.45, 2.75) is 29.1 Å². The van der Waals surface area contributed by atoms with E-state index in [1.807, 2.05) is 11.7 Å². The van der Waals surface area contributed by atoms with Crippen molar-refractivity contribution in [2.75, 3.05) is 5.73 Å². The molecule has 86 valence electrons. The van der Waals surface area contributed by atoms with Gasteiger partial charge >= 0.3 is 0 Å². The number of hydrogen-bond donors (Lipinski definition) is 1. The molecule has 0 amide bonds. The quantitative estimate of drug-likeness (QED) is 0.904. The Morgan fingerprint density at radius 2 is 2.38 bits per heavy atom. The molecule has 0 saturated carbocycles. The summed E-state index contributed by atoms with van der Waals surface area (Å²) in [6.07, 6.45) is 3.51. The molecule has 7 heteroatoms. The molecule has 0 aliphatic rings. The van der Waals surface area contributed by atoms with Gasteiger partial charge in [0.2, 0.25) is 0 Å². The lowest BCUT2D eigenvalue weighted by Crippen LogP contribution is -1.93. The highest BCUT2D eigenvalue weighted by Gasteiger charge is 2.14. The second-order valence-corrected chi connectivity index (χ2v) is 5.36. The molecule has 0 aliphatic heterocycles. The molecule has 2 rings (SSSR count).